The molecule has 1 aromatic carbocycles. The Morgan fingerprint density at radius 1 is 1.33 bits per heavy atom. The standard InChI is InChI=1S/C10H14FN/c1-2-8(7-12)9-3-5-10(11)6-4-9/h3-6,8H,2,7,12H2,1H3/t8-/m1/s1. The third-order valence-electron chi connectivity index (χ3n) is 2.12. The Morgan fingerprint density at radius 3 is 2.33 bits per heavy atom. The number of hydrogen-bond acceptors (Lipinski definition) is 1. The molecule has 0 saturated heterocycles. The van der Waals surface area contributed by atoms with Gasteiger partial charge in [0, 0.05) is 0 Å². The fourth-order valence-electron chi connectivity index (χ4n) is 1.27. The van der Waals surface area contributed by atoms with Crippen LogP contribution in [0.2, 0.25) is 0 Å². The van der Waals surface area contributed by atoms with Gasteiger partial charge in [-0.25, -0.2) is 4.39 Å². The van der Waals surface area contributed by atoms with Crippen LogP contribution in [-0.2, 0) is 0 Å². The first kappa shape index (κ1) is 9.20. The van der Waals surface area contributed by atoms with Gasteiger partial charge in [-0.3, -0.25) is 0 Å². The topological polar surface area (TPSA) is 26.0 Å². The molecule has 1 atom stereocenters. The van der Waals surface area contributed by atoms with E-state index in [9.17, 15) is 4.39 Å². The van der Waals surface area contributed by atoms with E-state index >= 15 is 0 Å². The van der Waals surface area contributed by atoms with Crippen LogP contribution in [0.1, 0.15) is 24.8 Å². The van der Waals surface area contributed by atoms with Crippen LogP contribution in [0.3, 0.4) is 0 Å². The first-order valence-electron chi connectivity index (χ1n) is 4.23. The first-order valence-corrected chi connectivity index (χ1v) is 4.23. The quantitative estimate of drug-likeness (QED) is 0.734. The van der Waals surface area contributed by atoms with Gasteiger partial charge in [-0.05, 0) is 36.6 Å². The SMILES string of the molecule is CC[C@H](CN)c1ccc(F)cc1. The van der Waals surface area contributed by atoms with Crippen LogP contribution >= 0.6 is 0 Å². The van der Waals surface area contributed by atoms with Gasteiger partial charge in [-0.1, -0.05) is 19.1 Å². The van der Waals surface area contributed by atoms with Crippen LogP contribution in [0.5, 0.6) is 0 Å². The molecule has 0 amide bonds. The second-order valence-corrected chi connectivity index (χ2v) is 2.89. The lowest BCUT2D eigenvalue weighted by molar-refractivity contribution is 0.622. The van der Waals surface area contributed by atoms with E-state index in [4.69, 9.17) is 5.73 Å². The minimum Gasteiger partial charge on any atom is -0.330 e. The maximum absolute atomic E-state index is 12.5. The van der Waals surface area contributed by atoms with Crippen LogP contribution in [0.4, 0.5) is 4.39 Å². The molecule has 1 nitrogen and oxygen atoms in total. The van der Waals surface area contributed by atoms with Crippen molar-refractivity contribution in [3.63, 3.8) is 0 Å². The molecule has 0 radical (unpaired) electrons. The molecule has 66 valence electrons. The monoisotopic (exact) mass is 167 g/mol. The average molecular weight is 167 g/mol. The predicted molar refractivity (Wildman–Crippen MR) is 48.5 cm³/mol. The van der Waals surface area contributed by atoms with Gasteiger partial charge in [0.15, 0.2) is 0 Å². The summed E-state index contributed by atoms with van der Waals surface area (Å²) in [5.41, 5.74) is 6.69. The number of benzene rings is 1. The van der Waals surface area contributed by atoms with Gasteiger partial charge in [-0.15, -0.1) is 0 Å². The Balaban J connectivity index is 2.80. The molecule has 1 aromatic rings. The van der Waals surface area contributed by atoms with Crippen molar-refractivity contribution in [1.82, 2.24) is 0 Å². The number of nitrogens with two attached hydrogens (primary N) is 1. The fraction of sp³-hybridized carbons (Fsp3) is 0.400. The summed E-state index contributed by atoms with van der Waals surface area (Å²) in [5, 5.41) is 0. The average Bonchev–Trinajstić information content (AvgIpc) is 2.10. The summed E-state index contributed by atoms with van der Waals surface area (Å²) in [7, 11) is 0. The lowest BCUT2D eigenvalue weighted by Gasteiger charge is -2.11. The Morgan fingerprint density at radius 2 is 1.92 bits per heavy atom. The van der Waals surface area contributed by atoms with E-state index in [1.165, 1.54) is 12.1 Å². The van der Waals surface area contributed by atoms with Gasteiger partial charge in [0.05, 0.1) is 0 Å². The lowest BCUT2D eigenvalue weighted by atomic mass is 9.97. The summed E-state index contributed by atoms with van der Waals surface area (Å²) in [4.78, 5) is 0. The maximum Gasteiger partial charge on any atom is 0.123 e. The van der Waals surface area contributed by atoms with Crippen molar-refractivity contribution in [1.29, 1.82) is 0 Å². The van der Waals surface area contributed by atoms with Crippen molar-refractivity contribution in [3.05, 3.63) is 35.6 Å². The molecular formula is C10H14FN. The second kappa shape index (κ2) is 4.21. The molecule has 12 heavy (non-hydrogen) atoms. The molecule has 0 aromatic heterocycles. The highest BCUT2D eigenvalue weighted by molar-refractivity contribution is 5.20. The van der Waals surface area contributed by atoms with E-state index in [1.807, 2.05) is 0 Å². The van der Waals surface area contributed by atoms with Crippen molar-refractivity contribution in [3.8, 4) is 0 Å². The molecule has 0 fully saturated rings. The summed E-state index contributed by atoms with van der Waals surface area (Å²) in [6.45, 7) is 2.71. The maximum atomic E-state index is 12.5. The Bertz CT molecular complexity index is 226. The minimum absolute atomic E-state index is 0.189. The van der Waals surface area contributed by atoms with Crippen LogP contribution in [0, 0.1) is 5.82 Å². The van der Waals surface area contributed by atoms with E-state index in [0.717, 1.165) is 12.0 Å². The molecule has 0 bridgehead atoms. The summed E-state index contributed by atoms with van der Waals surface area (Å²) in [6.07, 6.45) is 1.00. The number of rotatable bonds is 3. The molecule has 2 N–H and O–H groups in total. The van der Waals surface area contributed by atoms with E-state index in [-0.39, 0.29) is 5.82 Å². The van der Waals surface area contributed by atoms with Crippen molar-refractivity contribution < 1.29 is 4.39 Å². The van der Waals surface area contributed by atoms with Gasteiger partial charge in [0.1, 0.15) is 5.82 Å². The van der Waals surface area contributed by atoms with Gasteiger partial charge in [-0.2, -0.15) is 0 Å². The van der Waals surface area contributed by atoms with Gasteiger partial charge >= 0.3 is 0 Å². The summed E-state index contributed by atoms with van der Waals surface area (Å²) in [6, 6.07) is 6.56. The van der Waals surface area contributed by atoms with Crippen LogP contribution in [0.15, 0.2) is 24.3 Å². The third-order valence-corrected chi connectivity index (χ3v) is 2.12. The summed E-state index contributed by atoms with van der Waals surface area (Å²) < 4.78 is 12.5. The molecule has 0 spiro atoms. The van der Waals surface area contributed by atoms with Gasteiger partial charge in [0.25, 0.3) is 0 Å². The Hall–Kier alpha value is -0.890. The molecule has 1 rings (SSSR count). The second-order valence-electron chi connectivity index (χ2n) is 2.89. The van der Waals surface area contributed by atoms with E-state index in [0.29, 0.717) is 12.5 Å². The first-order chi connectivity index (χ1) is 5.77. The van der Waals surface area contributed by atoms with Crippen molar-refractivity contribution >= 4 is 0 Å². The van der Waals surface area contributed by atoms with Gasteiger partial charge in [0.2, 0.25) is 0 Å². The normalized spacial score (nSPS) is 12.9. The zero-order valence-electron chi connectivity index (χ0n) is 7.26. The zero-order chi connectivity index (χ0) is 8.97. The highest BCUT2D eigenvalue weighted by Crippen LogP contribution is 2.17. The van der Waals surface area contributed by atoms with Crippen molar-refractivity contribution in [2.75, 3.05) is 6.54 Å². The molecule has 2 heteroatoms. The zero-order valence-corrected chi connectivity index (χ0v) is 7.26. The van der Waals surface area contributed by atoms with E-state index in [2.05, 4.69) is 6.92 Å². The van der Waals surface area contributed by atoms with Crippen LogP contribution < -0.4 is 5.73 Å². The molecule has 0 unspecified atom stereocenters. The lowest BCUT2D eigenvalue weighted by Crippen LogP contribution is -2.11. The molecular weight excluding hydrogens is 153 g/mol. The molecule has 0 saturated carbocycles. The highest BCUT2D eigenvalue weighted by Gasteiger charge is 2.05. The highest BCUT2D eigenvalue weighted by atomic mass is 19.1. The largest absolute Gasteiger partial charge is 0.330 e. The summed E-state index contributed by atoms with van der Waals surface area (Å²) in [5.74, 6) is 0.177. The van der Waals surface area contributed by atoms with Crippen LogP contribution in [-0.4, -0.2) is 6.54 Å². The van der Waals surface area contributed by atoms with Crippen LogP contribution in [0.25, 0.3) is 0 Å². The molecule has 0 aliphatic carbocycles. The molecule has 0 heterocycles. The van der Waals surface area contributed by atoms with Crippen molar-refractivity contribution in [2.24, 2.45) is 5.73 Å². The number of hydrogen-bond donors (Lipinski definition) is 1. The molecule has 0 aliphatic rings. The molecule has 0 aliphatic heterocycles. The smallest absolute Gasteiger partial charge is 0.123 e. The Labute approximate surface area is 72.4 Å². The number of halogens is 1. The summed E-state index contributed by atoms with van der Waals surface area (Å²) >= 11 is 0. The van der Waals surface area contributed by atoms with Gasteiger partial charge < -0.3 is 5.73 Å². The van der Waals surface area contributed by atoms with E-state index < -0.39 is 0 Å². The fourth-order valence-corrected chi connectivity index (χ4v) is 1.27. The minimum atomic E-state index is -0.189. The van der Waals surface area contributed by atoms with Crippen molar-refractivity contribution in [2.45, 2.75) is 19.3 Å². The predicted octanol–water partition coefficient (Wildman–Crippen LogP) is 2.28. The Kier molecular flexibility index (Phi) is 3.23. The van der Waals surface area contributed by atoms with E-state index in [1.54, 1.807) is 12.1 Å². The third kappa shape index (κ3) is 2.05.